The quantitative estimate of drug-likeness (QED) is 0.150. The van der Waals surface area contributed by atoms with Gasteiger partial charge in [-0.1, -0.05) is 0 Å². The Morgan fingerprint density at radius 1 is 0.714 bits per heavy atom. The number of ether oxygens (including phenoxy) is 5. The van der Waals surface area contributed by atoms with Crippen LogP contribution in [0.2, 0.25) is 0 Å². The molecule has 0 aromatic heterocycles. The van der Waals surface area contributed by atoms with Crippen LogP contribution >= 0.6 is 0 Å². The van der Waals surface area contributed by atoms with Crippen molar-refractivity contribution in [3.63, 3.8) is 0 Å². The molecule has 0 radical (unpaired) electrons. The van der Waals surface area contributed by atoms with Crippen LogP contribution in [0.15, 0.2) is 0 Å². The summed E-state index contributed by atoms with van der Waals surface area (Å²) in [5, 5.41) is 80.5. The van der Waals surface area contributed by atoms with Crippen LogP contribution in [0.5, 0.6) is 0 Å². The van der Waals surface area contributed by atoms with Crippen LogP contribution in [0.4, 0.5) is 0 Å². The minimum absolute atomic E-state index is 0.653. The number of hydrogen-bond donors (Lipinski definition) is 11. The van der Waals surface area contributed by atoms with E-state index in [2.05, 4.69) is 0 Å². The smallest absolute Gasteiger partial charge is 0.176 e. The molecule has 0 saturated carbocycles. The lowest BCUT2D eigenvalue weighted by Gasteiger charge is -2.50. The number of hydrogen-bond acceptors (Lipinski definition) is 16. The van der Waals surface area contributed by atoms with Gasteiger partial charge in [0.25, 0.3) is 0 Å². The fourth-order valence-corrected chi connectivity index (χ4v) is 4.35. The molecule has 15 atom stereocenters. The summed E-state index contributed by atoms with van der Waals surface area (Å²) in [6.45, 7) is -0.716. The zero-order valence-electron chi connectivity index (χ0n) is 19.1. The number of aliphatic hydroxyl groups is 8. The molecule has 35 heavy (non-hydrogen) atoms. The Labute approximate surface area is 200 Å². The molecule has 0 aromatic carbocycles. The van der Waals surface area contributed by atoms with Crippen molar-refractivity contribution in [3.05, 3.63) is 0 Å². The summed E-state index contributed by atoms with van der Waals surface area (Å²) in [7, 11) is 0. The molecule has 3 aliphatic heterocycles. The monoisotopic (exact) mass is 515 g/mol. The highest BCUT2D eigenvalue weighted by Crippen LogP contribution is 2.33. The van der Waals surface area contributed by atoms with Crippen LogP contribution in [0, 0.1) is 0 Å². The first-order chi connectivity index (χ1) is 16.4. The van der Waals surface area contributed by atoms with E-state index in [1.54, 1.807) is 0 Å². The summed E-state index contributed by atoms with van der Waals surface area (Å²) >= 11 is 0. The van der Waals surface area contributed by atoms with Crippen LogP contribution in [0.25, 0.3) is 0 Å². The van der Waals surface area contributed by atoms with Gasteiger partial charge >= 0.3 is 0 Å². The Bertz CT molecular complexity index is 692. The van der Waals surface area contributed by atoms with E-state index in [0.717, 1.165) is 0 Å². The maximum absolute atomic E-state index is 10.9. The predicted molar refractivity (Wildman–Crippen MR) is 112 cm³/mol. The molecule has 0 bridgehead atoms. The summed E-state index contributed by atoms with van der Waals surface area (Å²) < 4.78 is 27.7. The average molecular weight is 516 g/mol. The normalized spacial score (nSPS) is 53.5. The molecule has 14 N–H and O–H groups in total. The van der Waals surface area contributed by atoms with Gasteiger partial charge in [-0.15, -0.1) is 0 Å². The van der Waals surface area contributed by atoms with Crippen molar-refractivity contribution in [1.29, 1.82) is 0 Å². The molecule has 0 spiro atoms. The van der Waals surface area contributed by atoms with Gasteiger partial charge in [0.05, 0.1) is 37.9 Å². The van der Waals surface area contributed by atoms with Gasteiger partial charge in [-0.05, 0) is 6.92 Å². The second kappa shape index (κ2) is 11.4. The Kier molecular flexibility index (Phi) is 9.42. The number of nitrogens with two attached hydrogens (primary N) is 3. The largest absolute Gasteiger partial charge is 0.394 e. The first-order valence-electron chi connectivity index (χ1n) is 11.2. The van der Waals surface area contributed by atoms with Gasteiger partial charge in [0.1, 0.15) is 54.4 Å². The van der Waals surface area contributed by atoms with E-state index in [0.29, 0.717) is 0 Å². The molecule has 2 unspecified atom stereocenters. The van der Waals surface area contributed by atoms with Crippen LogP contribution in [0.1, 0.15) is 6.92 Å². The van der Waals surface area contributed by atoms with Crippen molar-refractivity contribution in [2.45, 2.75) is 98.4 Å². The Morgan fingerprint density at radius 3 is 1.74 bits per heavy atom. The highest BCUT2D eigenvalue weighted by molar-refractivity contribution is 5.01. The molecule has 0 amide bonds. The summed E-state index contributed by atoms with van der Waals surface area (Å²) in [6.07, 6.45) is -15.7. The lowest BCUT2D eigenvalue weighted by Crippen LogP contribution is -2.71. The predicted octanol–water partition coefficient (Wildman–Crippen LogP) is -7.28. The standard InChI is InChI=1S/C19H37N3O13/c1-19(4-25)15(29)12(28)9(22)18(35-19)34-14-6(3-24)32-17(8(21)11(14)27)33-13-5(2-23)31-16(30)7(20)10(13)26/h5-18,23-30H,2-4,20-22H2,1H3/t5-,6-,7-,8-,9-,10-,11-,12-,13?,14?,15+,16-,17+,18+,19-/m1/s1. The van der Waals surface area contributed by atoms with Crippen molar-refractivity contribution in [1.82, 2.24) is 0 Å². The SMILES string of the molecule is C[C@]1(CO)O[C@H](OC2[C@@H](CO)O[C@@H](OC3[C@@H](CO)O[C@@H](O)[C@H](N)[C@H]3O)[C@H](N)[C@H]2O)[C@H](N)[C@@H](O)[C@@H]1O. The van der Waals surface area contributed by atoms with Crippen molar-refractivity contribution in [2.24, 2.45) is 17.2 Å². The zero-order chi connectivity index (χ0) is 26.2. The fourth-order valence-electron chi connectivity index (χ4n) is 4.35. The van der Waals surface area contributed by atoms with E-state index < -0.39 is 111 Å². The van der Waals surface area contributed by atoms with Gasteiger partial charge < -0.3 is 81.7 Å². The molecular weight excluding hydrogens is 478 g/mol. The van der Waals surface area contributed by atoms with Crippen LogP contribution in [-0.2, 0) is 23.7 Å². The van der Waals surface area contributed by atoms with E-state index >= 15 is 0 Å². The molecule has 16 nitrogen and oxygen atoms in total. The molecule has 206 valence electrons. The Balaban J connectivity index is 1.74. The van der Waals surface area contributed by atoms with Crippen LogP contribution in [-0.4, -0.2) is 152 Å². The van der Waals surface area contributed by atoms with E-state index in [-0.39, 0.29) is 0 Å². The van der Waals surface area contributed by atoms with E-state index in [9.17, 15) is 40.9 Å². The summed E-state index contributed by atoms with van der Waals surface area (Å²) in [4.78, 5) is 0. The van der Waals surface area contributed by atoms with Crippen LogP contribution in [0.3, 0.4) is 0 Å². The topological polar surface area (TPSA) is 286 Å². The van der Waals surface area contributed by atoms with Gasteiger partial charge in [0, 0.05) is 0 Å². The third-order valence-electron chi connectivity index (χ3n) is 6.76. The second-order valence-corrected chi connectivity index (χ2v) is 9.28. The van der Waals surface area contributed by atoms with Crippen LogP contribution < -0.4 is 17.2 Å². The number of aliphatic hydroxyl groups excluding tert-OH is 8. The van der Waals surface area contributed by atoms with Crippen molar-refractivity contribution < 1.29 is 64.5 Å². The lowest BCUT2D eigenvalue weighted by molar-refractivity contribution is -0.358. The van der Waals surface area contributed by atoms with E-state index in [1.165, 1.54) is 6.92 Å². The minimum atomic E-state index is -1.64. The molecule has 3 aliphatic rings. The molecule has 0 aliphatic carbocycles. The Morgan fingerprint density at radius 2 is 1.20 bits per heavy atom. The lowest BCUT2D eigenvalue weighted by atomic mass is 9.88. The van der Waals surface area contributed by atoms with Crippen molar-refractivity contribution in [2.75, 3.05) is 19.8 Å². The van der Waals surface area contributed by atoms with Crippen molar-refractivity contribution in [3.8, 4) is 0 Å². The second-order valence-electron chi connectivity index (χ2n) is 9.28. The first-order valence-corrected chi connectivity index (χ1v) is 11.2. The van der Waals surface area contributed by atoms with Gasteiger partial charge in [-0.2, -0.15) is 0 Å². The molecule has 3 fully saturated rings. The molecule has 16 heteroatoms. The summed E-state index contributed by atoms with van der Waals surface area (Å²) in [5.41, 5.74) is 16.1. The van der Waals surface area contributed by atoms with Crippen molar-refractivity contribution >= 4 is 0 Å². The maximum Gasteiger partial charge on any atom is 0.176 e. The first kappa shape index (κ1) is 28.9. The van der Waals surface area contributed by atoms with Gasteiger partial charge in [0.2, 0.25) is 0 Å². The molecule has 3 saturated heterocycles. The third-order valence-corrected chi connectivity index (χ3v) is 6.76. The highest BCUT2D eigenvalue weighted by atomic mass is 16.7. The Hall–Kier alpha value is -0.640. The summed E-state index contributed by atoms with van der Waals surface area (Å²) in [6, 6.07) is -3.91. The highest BCUT2D eigenvalue weighted by Gasteiger charge is 2.54. The zero-order valence-corrected chi connectivity index (χ0v) is 19.1. The fraction of sp³-hybridized carbons (Fsp3) is 1.00. The third kappa shape index (κ3) is 5.48. The minimum Gasteiger partial charge on any atom is -0.394 e. The molecular formula is C19H37N3O13. The molecule has 0 aromatic rings. The maximum atomic E-state index is 10.9. The van der Waals surface area contributed by atoms with Gasteiger partial charge in [-0.25, -0.2) is 0 Å². The van der Waals surface area contributed by atoms with Gasteiger partial charge in [0.15, 0.2) is 18.9 Å². The molecule has 3 rings (SSSR count). The average Bonchev–Trinajstić information content (AvgIpc) is 2.85. The summed E-state index contributed by atoms with van der Waals surface area (Å²) in [5.74, 6) is 0. The molecule has 3 heterocycles. The van der Waals surface area contributed by atoms with E-state index in [4.69, 9.17) is 40.9 Å². The van der Waals surface area contributed by atoms with Gasteiger partial charge in [-0.3, -0.25) is 0 Å². The number of rotatable bonds is 7. The van der Waals surface area contributed by atoms with E-state index in [1.807, 2.05) is 0 Å².